The average molecular weight is 150 g/mol. The molecule has 0 fully saturated rings. The topological polar surface area (TPSA) is 26.3 Å². The molecule has 58 valence electrons. The summed E-state index contributed by atoms with van der Waals surface area (Å²) in [5.74, 6) is -0.136. The van der Waals surface area contributed by atoms with Gasteiger partial charge in [-0.1, -0.05) is 25.8 Å². The second-order valence-electron chi connectivity index (χ2n) is 1.63. The smallest absolute Gasteiger partial charge is 0.335 e. The van der Waals surface area contributed by atoms with Gasteiger partial charge in [-0.15, -0.1) is 0 Å². The van der Waals surface area contributed by atoms with Crippen molar-refractivity contribution in [2.45, 2.75) is 0 Å². The van der Waals surface area contributed by atoms with Crippen LogP contribution < -0.4 is 0 Å². The normalized spacial score (nSPS) is 10.0. The van der Waals surface area contributed by atoms with Gasteiger partial charge in [-0.25, -0.2) is 4.79 Å². The summed E-state index contributed by atoms with van der Waals surface area (Å²) in [5.41, 5.74) is 0. The van der Waals surface area contributed by atoms with Crippen molar-refractivity contribution in [3.63, 3.8) is 0 Å². The van der Waals surface area contributed by atoms with E-state index in [1.165, 1.54) is 18.2 Å². The molecule has 0 aromatic rings. The van der Waals surface area contributed by atoms with E-state index in [-0.39, 0.29) is 0 Å². The molecule has 0 N–H and O–H groups in total. The maximum atomic E-state index is 10.6. The lowest BCUT2D eigenvalue weighted by atomic mass is 10.4. The van der Waals surface area contributed by atoms with Crippen LogP contribution in [0.2, 0.25) is 0 Å². The first-order valence-corrected chi connectivity index (χ1v) is 3.04. The Labute approximate surface area is 66.2 Å². The molecular weight excluding hydrogens is 140 g/mol. The Kier molecular flexibility index (Phi) is 4.49. The van der Waals surface area contributed by atoms with Gasteiger partial charge >= 0.3 is 5.97 Å². The van der Waals surface area contributed by atoms with E-state index in [4.69, 9.17) is 4.74 Å². The summed E-state index contributed by atoms with van der Waals surface area (Å²) in [6, 6.07) is 0. The minimum atomic E-state index is -0.502. The van der Waals surface area contributed by atoms with Crippen LogP contribution in [0.5, 0.6) is 0 Å². The lowest BCUT2D eigenvalue weighted by molar-refractivity contribution is -0.133. The van der Waals surface area contributed by atoms with Crippen LogP contribution in [-0.4, -0.2) is 5.97 Å². The molecule has 0 aliphatic heterocycles. The highest BCUT2D eigenvalue weighted by molar-refractivity contribution is 5.82. The Hall–Kier alpha value is -1.57. The second-order valence-corrected chi connectivity index (χ2v) is 1.63. The molecular formula is C9H10O2. The van der Waals surface area contributed by atoms with E-state index in [0.717, 1.165) is 6.08 Å². The van der Waals surface area contributed by atoms with Crippen LogP contribution in [0.15, 0.2) is 49.8 Å². The quantitative estimate of drug-likeness (QED) is 0.265. The van der Waals surface area contributed by atoms with E-state index in [1.54, 1.807) is 0 Å². The van der Waals surface area contributed by atoms with Crippen molar-refractivity contribution in [1.29, 1.82) is 0 Å². The largest absolute Gasteiger partial charge is 0.423 e. The Bertz CT molecular complexity index is 212. The van der Waals surface area contributed by atoms with Crippen LogP contribution in [-0.2, 0) is 9.53 Å². The van der Waals surface area contributed by atoms with Crippen molar-refractivity contribution in [2.24, 2.45) is 0 Å². The third-order valence-corrected chi connectivity index (χ3v) is 0.868. The molecule has 0 aliphatic carbocycles. The molecule has 0 aromatic carbocycles. The van der Waals surface area contributed by atoms with Gasteiger partial charge in [-0.3, -0.25) is 0 Å². The number of hydrogen-bond donors (Lipinski definition) is 0. The fraction of sp³-hybridized carbons (Fsp3) is 0. The predicted octanol–water partition coefficient (Wildman–Crippen LogP) is 1.97. The highest BCUT2D eigenvalue weighted by Crippen LogP contribution is 1.98. The zero-order chi connectivity index (χ0) is 8.69. The van der Waals surface area contributed by atoms with Crippen LogP contribution in [0.1, 0.15) is 0 Å². The number of carbonyl (C=O) groups is 1. The molecule has 11 heavy (non-hydrogen) atoms. The van der Waals surface area contributed by atoms with Gasteiger partial charge < -0.3 is 4.74 Å². The third kappa shape index (κ3) is 3.92. The van der Waals surface area contributed by atoms with Crippen molar-refractivity contribution < 1.29 is 9.53 Å². The average Bonchev–Trinajstić information content (AvgIpc) is 2.03. The van der Waals surface area contributed by atoms with Gasteiger partial charge in [-0.2, -0.15) is 0 Å². The summed E-state index contributed by atoms with van der Waals surface area (Å²) in [6.07, 6.45) is 5.55. The number of esters is 1. The maximum Gasteiger partial charge on any atom is 0.335 e. The number of carbonyl (C=O) groups excluding carboxylic acids is 1. The van der Waals surface area contributed by atoms with E-state index in [9.17, 15) is 4.79 Å². The molecule has 0 aliphatic rings. The highest BCUT2D eigenvalue weighted by Gasteiger charge is 1.96. The van der Waals surface area contributed by atoms with E-state index >= 15 is 0 Å². The number of rotatable bonds is 4. The monoisotopic (exact) mass is 150 g/mol. The SMILES string of the molecule is C=C/C=C(\C=C)OC(=O)C=C. The first kappa shape index (κ1) is 9.43. The summed E-state index contributed by atoms with van der Waals surface area (Å²) < 4.78 is 4.70. The Morgan fingerprint density at radius 3 is 2.18 bits per heavy atom. The van der Waals surface area contributed by atoms with E-state index < -0.39 is 5.97 Å². The molecule has 0 aromatic heterocycles. The van der Waals surface area contributed by atoms with Crippen molar-refractivity contribution in [3.8, 4) is 0 Å². The van der Waals surface area contributed by atoms with Crippen LogP contribution in [0.3, 0.4) is 0 Å². The molecule has 0 radical (unpaired) electrons. The summed E-state index contributed by atoms with van der Waals surface area (Å²) in [7, 11) is 0. The van der Waals surface area contributed by atoms with Crippen LogP contribution in [0.25, 0.3) is 0 Å². The van der Waals surface area contributed by atoms with Crippen LogP contribution >= 0.6 is 0 Å². The summed E-state index contributed by atoms with van der Waals surface area (Å²) in [6.45, 7) is 10.1. The molecule has 0 bridgehead atoms. The van der Waals surface area contributed by atoms with Crippen molar-refractivity contribution in [3.05, 3.63) is 49.8 Å². The maximum absolute atomic E-state index is 10.6. The zero-order valence-electron chi connectivity index (χ0n) is 6.25. The van der Waals surface area contributed by atoms with Gasteiger partial charge in [0.05, 0.1) is 0 Å². The summed E-state index contributed by atoms with van der Waals surface area (Å²) in [5, 5.41) is 0. The van der Waals surface area contributed by atoms with Crippen molar-refractivity contribution in [1.82, 2.24) is 0 Å². The van der Waals surface area contributed by atoms with E-state index in [2.05, 4.69) is 19.7 Å². The molecule has 0 unspecified atom stereocenters. The van der Waals surface area contributed by atoms with E-state index in [0.29, 0.717) is 5.76 Å². The lowest BCUT2D eigenvalue weighted by Gasteiger charge is -1.98. The van der Waals surface area contributed by atoms with Crippen molar-refractivity contribution in [2.75, 3.05) is 0 Å². The highest BCUT2D eigenvalue weighted by atomic mass is 16.5. The minimum Gasteiger partial charge on any atom is -0.423 e. The molecule has 0 amide bonds. The molecule has 2 nitrogen and oxygen atoms in total. The van der Waals surface area contributed by atoms with E-state index in [1.807, 2.05) is 0 Å². The standard InChI is InChI=1S/C9H10O2/c1-4-7-8(5-2)11-9(10)6-3/h4-7H,1-3H2/b8-7+. The van der Waals surface area contributed by atoms with Gasteiger partial charge in [0.2, 0.25) is 0 Å². The molecule has 0 heterocycles. The Morgan fingerprint density at radius 1 is 1.18 bits per heavy atom. The minimum absolute atomic E-state index is 0.366. The molecule has 0 saturated carbocycles. The Balaban J connectivity index is 4.19. The lowest BCUT2D eigenvalue weighted by Crippen LogP contribution is -1.97. The molecule has 0 spiro atoms. The zero-order valence-corrected chi connectivity index (χ0v) is 6.25. The van der Waals surface area contributed by atoms with Gasteiger partial charge in [0, 0.05) is 6.08 Å². The first-order valence-electron chi connectivity index (χ1n) is 3.04. The van der Waals surface area contributed by atoms with Gasteiger partial charge in [0.1, 0.15) is 5.76 Å². The fourth-order valence-corrected chi connectivity index (χ4v) is 0.418. The Morgan fingerprint density at radius 2 is 1.82 bits per heavy atom. The van der Waals surface area contributed by atoms with Gasteiger partial charge in [-0.05, 0) is 12.2 Å². The van der Waals surface area contributed by atoms with Gasteiger partial charge in [0.25, 0.3) is 0 Å². The fourth-order valence-electron chi connectivity index (χ4n) is 0.418. The molecule has 0 saturated heterocycles. The number of hydrogen-bond acceptors (Lipinski definition) is 2. The number of ether oxygens (including phenoxy) is 1. The molecule has 0 rings (SSSR count). The predicted molar refractivity (Wildman–Crippen MR) is 44.8 cm³/mol. The van der Waals surface area contributed by atoms with Crippen LogP contribution in [0, 0.1) is 0 Å². The molecule has 0 atom stereocenters. The second kappa shape index (κ2) is 5.23. The molecule has 2 heteroatoms. The summed E-state index contributed by atoms with van der Waals surface area (Å²) in [4.78, 5) is 10.6. The van der Waals surface area contributed by atoms with Crippen LogP contribution in [0.4, 0.5) is 0 Å². The first-order chi connectivity index (χ1) is 5.24. The summed E-state index contributed by atoms with van der Waals surface area (Å²) >= 11 is 0. The third-order valence-electron chi connectivity index (χ3n) is 0.868. The van der Waals surface area contributed by atoms with Crippen molar-refractivity contribution >= 4 is 5.97 Å². The van der Waals surface area contributed by atoms with Gasteiger partial charge in [0.15, 0.2) is 0 Å². The number of allylic oxidation sites excluding steroid dienone is 3.